The van der Waals surface area contributed by atoms with E-state index in [9.17, 15) is 9.90 Å². The van der Waals surface area contributed by atoms with E-state index in [4.69, 9.17) is 12.2 Å². The molecule has 0 aliphatic carbocycles. The number of carboxylic acid groups (broad SMARTS) is 1. The highest BCUT2D eigenvalue weighted by Crippen LogP contribution is 2.06. The average molecular weight is 308 g/mol. The first-order valence-corrected chi connectivity index (χ1v) is 6.95. The van der Waals surface area contributed by atoms with E-state index in [1.807, 2.05) is 44.2 Å². The zero-order valence-electron chi connectivity index (χ0n) is 12.3. The molecule has 0 bridgehead atoms. The first-order chi connectivity index (χ1) is 9.95. The van der Waals surface area contributed by atoms with Gasteiger partial charge in [-0.05, 0) is 31.6 Å². The zero-order chi connectivity index (χ0) is 15.8. The topological polar surface area (TPSA) is 77.0 Å². The summed E-state index contributed by atoms with van der Waals surface area (Å²) in [5.41, 5.74) is 4.15. The normalized spacial score (nSPS) is 11.1. The first-order valence-electron chi connectivity index (χ1n) is 6.55. The van der Waals surface area contributed by atoms with Crippen LogP contribution in [0.2, 0.25) is 0 Å². The molecule has 0 spiro atoms. The first kappa shape index (κ1) is 16.9. The molecule has 6 nitrogen and oxygen atoms in total. The smallest absolute Gasteiger partial charge is 0.407 e. The molecule has 0 aromatic heterocycles. The van der Waals surface area contributed by atoms with E-state index in [2.05, 4.69) is 15.8 Å². The van der Waals surface area contributed by atoms with E-state index in [1.165, 1.54) is 4.90 Å². The summed E-state index contributed by atoms with van der Waals surface area (Å²) in [6.45, 7) is 3.82. The molecule has 114 valence electrons. The van der Waals surface area contributed by atoms with Crippen molar-refractivity contribution < 1.29 is 9.90 Å². The Morgan fingerprint density at radius 3 is 2.48 bits per heavy atom. The fraction of sp³-hybridized carbons (Fsp3) is 0.357. The number of benzene rings is 1. The second kappa shape index (κ2) is 8.21. The van der Waals surface area contributed by atoms with Crippen LogP contribution >= 0.6 is 12.2 Å². The van der Waals surface area contributed by atoms with Gasteiger partial charge in [-0.1, -0.05) is 30.3 Å². The maximum absolute atomic E-state index is 11.3. The van der Waals surface area contributed by atoms with E-state index in [1.54, 1.807) is 7.05 Å². The van der Waals surface area contributed by atoms with Gasteiger partial charge >= 0.3 is 6.09 Å². The van der Waals surface area contributed by atoms with Crippen LogP contribution in [-0.4, -0.2) is 46.6 Å². The molecule has 1 aromatic rings. The lowest BCUT2D eigenvalue weighted by molar-refractivity contribution is 0.140. The molecule has 1 amide bonds. The number of hydrogen-bond donors (Lipinski definition) is 3. The minimum Gasteiger partial charge on any atom is -0.465 e. The number of amides is 1. The van der Waals surface area contributed by atoms with Crippen molar-refractivity contribution in [3.05, 3.63) is 35.9 Å². The van der Waals surface area contributed by atoms with Gasteiger partial charge in [-0.15, -0.1) is 0 Å². The fourth-order valence-corrected chi connectivity index (χ4v) is 1.67. The third-order valence-electron chi connectivity index (χ3n) is 2.82. The van der Waals surface area contributed by atoms with Crippen LogP contribution in [0.1, 0.15) is 19.4 Å². The van der Waals surface area contributed by atoms with Gasteiger partial charge in [0.25, 0.3) is 0 Å². The minimum atomic E-state index is -0.982. The molecular formula is C14H20N4O2S. The van der Waals surface area contributed by atoms with Crippen LogP contribution in [0.25, 0.3) is 0 Å². The van der Waals surface area contributed by atoms with Crippen molar-refractivity contribution in [3.8, 4) is 0 Å². The predicted molar refractivity (Wildman–Crippen MR) is 87.6 cm³/mol. The summed E-state index contributed by atoms with van der Waals surface area (Å²) in [5, 5.41) is 16.6. The molecule has 0 fully saturated rings. The van der Waals surface area contributed by atoms with Crippen LogP contribution < -0.4 is 10.7 Å². The van der Waals surface area contributed by atoms with Crippen LogP contribution in [0.5, 0.6) is 0 Å². The zero-order valence-corrected chi connectivity index (χ0v) is 13.1. The van der Waals surface area contributed by atoms with Gasteiger partial charge in [-0.2, -0.15) is 5.10 Å². The molecule has 7 heteroatoms. The number of rotatable bonds is 5. The highest BCUT2D eigenvalue weighted by molar-refractivity contribution is 7.80. The quantitative estimate of drug-likeness (QED) is 0.440. The Balaban J connectivity index is 3.02. The summed E-state index contributed by atoms with van der Waals surface area (Å²) in [5.74, 6) is 0. The third kappa shape index (κ3) is 5.39. The second-order valence-electron chi connectivity index (χ2n) is 4.62. The Hall–Kier alpha value is -2.15. The fourth-order valence-electron chi connectivity index (χ4n) is 1.63. The summed E-state index contributed by atoms with van der Waals surface area (Å²) in [7, 11) is 1.69. The van der Waals surface area contributed by atoms with Gasteiger partial charge in [0.2, 0.25) is 0 Å². The standard InChI is InChI=1S/C14H20N4O2S/c1-10(2)18(14(19)20)9-12(16-17-13(21)15-3)11-7-5-4-6-8-11/h4-8,10H,9H2,1-3H3,(H,19,20)(H2,15,17,21). The molecule has 0 saturated carbocycles. The number of nitrogens with one attached hydrogen (secondary N) is 2. The number of thiocarbonyl (C=S) groups is 1. The Kier molecular flexibility index (Phi) is 6.61. The maximum Gasteiger partial charge on any atom is 0.407 e. The van der Waals surface area contributed by atoms with E-state index >= 15 is 0 Å². The summed E-state index contributed by atoms with van der Waals surface area (Å²) in [4.78, 5) is 12.6. The van der Waals surface area contributed by atoms with Crippen molar-refractivity contribution in [1.82, 2.24) is 15.6 Å². The Labute approximate surface area is 129 Å². The molecule has 0 radical (unpaired) electrons. The molecule has 1 rings (SSSR count). The lowest BCUT2D eigenvalue weighted by Gasteiger charge is -2.24. The second-order valence-corrected chi connectivity index (χ2v) is 5.03. The highest BCUT2D eigenvalue weighted by Gasteiger charge is 2.19. The van der Waals surface area contributed by atoms with Crippen LogP contribution in [-0.2, 0) is 0 Å². The highest BCUT2D eigenvalue weighted by atomic mass is 32.1. The van der Waals surface area contributed by atoms with Gasteiger partial charge in [-0.3, -0.25) is 10.3 Å². The number of carbonyl (C=O) groups is 1. The summed E-state index contributed by atoms with van der Waals surface area (Å²) >= 11 is 4.98. The van der Waals surface area contributed by atoms with Gasteiger partial charge < -0.3 is 10.4 Å². The van der Waals surface area contributed by atoms with Gasteiger partial charge in [0.1, 0.15) is 0 Å². The largest absolute Gasteiger partial charge is 0.465 e. The molecule has 0 heterocycles. The summed E-state index contributed by atoms with van der Waals surface area (Å²) in [6, 6.07) is 9.26. The molecule has 3 N–H and O–H groups in total. The van der Waals surface area contributed by atoms with Crippen molar-refractivity contribution in [1.29, 1.82) is 0 Å². The van der Waals surface area contributed by atoms with Crippen molar-refractivity contribution in [2.75, 3.05) is 13.6 Å². The van der Waals surface area contributed by atoms with Gasteiger partial charge in [0.05, 0.1) is 12.3 Å². The molecule has 0 aliphatic heterocycles. The monoisotopic (exact) mass is 308 g/mol. The van der Waals surface area contributed by atoms with Crippen LogP contribution in [0.15, 0.2) is 35.4 Å². The van der Waals surface area contributed by atoms with E-state index in [-0.39, 0.29) is 12.6 Å². The molecule has 0 saturated heterocycles. The number of hydrogen-bond acceptors (Lipinski definition) is 3. The van der Waals surface area contributed by atoms with Gasteiger partial charge in [-0.25, -0.2) is 4.79 Å². The van der Waals surface area contributed by atoms with Crippen LogP contribution in [0.3, 0.4) is 0 Å². The van der Waals surface area contributed by atoms with E-state index < -0.39 is 6.09 Å². The molecule has 0 unspecified atom stereocenters. The van der Waals surface area contributed by atoms with Crippen molar-refractivity contribution in [3.63, 3.8) is 0 Å². The molecule has 0 atom stereocenters. The minimum absolute atomic E-state index is 0.146. The molecule has 1 aromatic carbocycles. The molecule has 21 heavy (non-hydrogen) atoms. The Bertz CT molecular complexity index is 517. The van der Waals surface area contributed by atoms with Crippen LogP contribution in [0, 0.1) is 0 Å². The Morgan fingerprint density at radius 2 is 2.00 bits per heavy atom. The van der Waals surface area contributed by atoms with Gasteiger partial charge in [0.15, 0.2) is 5.11 Å². The summed E-state index contributed by atoms with van der Waals surface area (Å²) in [6.07, 6.45) is -0.982. The van der Waals surface area contributed by atoms with Crippen molar-refractivity contribution in [2.45, 2.75) is 19.9 Å². The van der Waals surface area contributed by atoms with E-state index in [0.29, 0.717) is 10.8 Å². The maximum atomic E-state index is 11.3. The van der Waals surface area contributed by atoms with Crippen molar-refractivity contribution in [2.24, 2.45) is 5.10 Å². The van der Waals surface area contributed by atoms with E-state index in [0.717, 1.165) is 5.56 Å². The molecule has 0 aliphatic rings. The van der Waals surface area contributed by atoms with Gasteiger partial charge in [0, 0.05) is 13.1 Å². The predicted octanol–water partition coefficient (Wildman–Crippen LogP) is 1.87. The Morgan fingerprint density at radius 1 is 1.38 bits per heavy atom. The lowest BCUT2D eigenvalue weighted by atomic mass is 10.1. The summed E-state index contributed by atoms with van der Waals surface area (Å²) < 4.78 is 0. The average Bonchev–Trinajstić information content (AvgIpc) is 2.47. The lowest BCUT2D eigenvalue weighted by Crippen LogP contribution is -2.41. The van der Waals surface area contributed by atoms with Crippen LogP contribution in [0.4, 0.5) is 4.79 Å². The number of hydrazone groups is 1. The third-order valence-corrected chi connectivity index (χ3v) is 3.11. The molecular weight excluding hydrogens is 288 g/mol. The van der Waals surface area contributed by atoms with Crippen molar-refractivity contribution >= 4 is 29.1 Å². The number of nitrogens with zero attached hydrogens (tertiary/aromatic N) is 2. The SMILES string of the molecule is CNC(=S)NN=C(CN(C(=O)O)C(C)C)c1ccccc1.